The summed E-state index contributed by atoms with van der Waals surface area (Å²) >= 11 is 0. The molecular weight excluding hydrogens is 272 g/mol. The normalized spacial score (nSPS) is 13.2. The minimum absolute atomic E-state index is 1.21. The average Bonchev–Trinajstić information content (AvgIpc) is 2.31. The van der Waals surface area contributed by atoms with Crippen LogP contribution in [0.5, 0.6) is 0 Å². The van der Waals surface area contributed by atoms with E-state index in [1.165, 1.54) is 35.5 Å². The van der Waals surface area contributed by atoms with Crippen LogP contribution >= 0.6 is 41.2 Å². The zero-order chi connectivity index (χ0) is 12.2. The third kappa shape index (κ3) is 8.97. The van der Waals surface area contributed by atoms with E-state index in [0.29, 0.717) is 0 Å². The van der Waals surface area contributed by atoms with E-state index in [1.54, 1.807) is 0 Å². The second kappa shape index (κ2) is 12.3. The summed E-state index contributed by atoms with van der Waals surface area (Å²) < 4.78 is 0. The number of rotatable bonds is 9. The van der Waals surface area contributed by atoms with E-state index in [-0.39, 0.29) is 0 Å². The Balaban J connectivity index is 3.66. The molecule has 4 heteroatoms. The highest BCUT2D eigenvalue weighted by molar-refractivity contribution is 9.26. The van der Waals surface area contributed by atoms with Gasteiger partial charge in [-0.3, -0.25) is 0 Å². The molecule has 0 fully saturated rings. The predicted octanol–water partition coefficient (Wildman–Crippen LogP) is 7.07. The molecule has 0 atom stereocenters. The zero-order valence-corrected chi connectivity index (χ0v) is 13.9. The van der Waals surface area contributed by atoms with Crippen molar-refractivity contribution in [2.24, 2.45) is 0 Å². The van der Waals surface area contributed by atoms with Gasteiger partial charge in [0.2, 0.25) is 0 Å². The van der Waals surface area contributed by atoms with Gasteiger partial charge in [0, 0.05) is 0 Å². The zero-order valence-electron chi connectivity index (χ0n) is 10.6. The van der Waals surface area contributed by atoms with Gasteiger partial charge in [-0.2, -0.15) is 0 Å². The van der Waals surface area contributed by atoms with Gasteiger partial charge in [-0.1, -0.05) is 60.4 Å². The Kier molecular flexibility index (Phi) is 13.0. The minimum Gasteiger partial charge on any atom is -0.0772 e. The van der Waals surface area contributed by atoms with E-state index in [4.69, 9.17) is 0 Å². The summed E-state index contributed by atoms with van der Waals surface area (Å²) in [6.45, 7) is 8.72. The van der Waals surface area contributed by atoms with E-state index in [2.05, 4.69) is 39.8 Å². The lowest BCUT2D eigenvalue weighted by atomic mass is 10.3. The summed E-state index contributed by atoms with van der Waals surface area (Å²) in [5, 5.41) is 0. The summed E-state index contributed by atoms with van der Waals surface area (Å²) in [7, 11) is 7.58. The van der Waals surface area contributed by atoms with Crippen LogP contribution in [0.1, 0.15) is 53.4 Å². The molecule has 0 aliphatic heterocycles. The van der Waals surface area contributed by atoms with E-state index < -0.39 is 0 Å². The summed E-state index contributed by atoms with van der Waals surface area (Å²) in [5.41, 5.74) is 0. The van der Waals surface area contributed by atoms with Crippen molar-refractivity contribution in [3.8, 4) is 0 Å². The monoisotopic (exact) mass is 294 g/mol. The van der Waals surface area contributed by atoms with Crippen LogP contribution in [0.2, 0.25) is 0 Å². The highest BCUT2D eigenvalue weighted by Gasteiger charge is 2.00. The quantitative estimate of drug-likeness (QED) is 0.329. The van der Waals surface area contributed by atoms with Gasteiger partial charge >= 0.3 is 0 Å². The lowest BCUT2D eigenvalue weighted by Gasteiger charge is -2.05. The predicted molar refractivity (Wildman–Crippen MR) is 87.7 cm³/mol. The fourth-order valence-electron chi connectivity index (χ4n) is 1.08. The molecule has 0 aliphatic carbocycles. The summed E-state index contributed by atoms with van der Waals surface area (Å²) in [4.78, 5) is 3.00. The van der Waals surface area contributed by atoms with Crippen molar-refractivity contribution in [3.63, 3.8) is 0 Å². The molecule has 0 rings (SSSR count). The van der Waals surface area contributed by atoms with E-state index >= 15 is 0 Å². The van der Waals surface area contributed by atoms with Crippen molar-refractivity contribution in [3.05, 3.63) is 22.0 Å². The third-order valence-corrected chi connectivity index (χ3v) is 8.53. The Morgan fingerprint density at radius 2 is 1.19 bits per heavy atom. The van der Waals surface area contributed by atoms with Crippen LogP contribution in [0.3, 0.4) is 0 Å². The molecule has 0 radical (unpaired) electrons. The van der Waals surface area contributed by atoms with Gasteiger partial charge in [-0.05, 0) is 56.2 Å². The maximum atomic E-state index is 2.23. The molecule has 0 heterocycles. The van der Waals surface area contributed by atoms with Crippen molar-refractivity contribution < 1.29 is 0 Å². The topological polar surface area (TPSA) is 0 Å². The molecular formula is C12H22S4. The Morgan fingerprint density at radius 1 is 0.812 bits per heavy atom. The van der Waals surface area contributed by atoms with Crippen molar-refractivity contribution in [2.45, 2.75) is 53.4 Å². The maximum Gasteiger partial charge on any atom is -0.00761 e. The second-order valence-electron chi connectivity index (χ2n) is 3.31. The van der Waals surface area contributed by atoms with Crippen LogP contribution in [-0.4, -0.2) is 0 Å². The van der Waals surface area contributed by atoms with Crippen LogP contribution in [0.25, 0.3) is 0 Å². The van der Waals surface area contributed by atoms with Gasteiger partial charge in [0.25, 0.3) is 0 Å². The third-order valence-electron chi connectivity index (χ3n) is 1.95. The molecule has 0 aromatic heterocycles. The summed E-state index contributed by atoms with van der Waals surface area (Å²) in [5.74, 6) is 0. The van der Waals surface area contributed by atoms with Gasteiger partial charge in [-0.15, -0.1) is 0 Å². The van der Waals surface area contributed by atoms with Crippen LogP contribution in [0.4, 0.5) is 0 Å². The Bertz CT molecular complexity index is 197. The van der Waals surface area contributed by atoms with Crippen LogP contribution in [0.15, 0.2) is 22.0 Å². The Morgan fingerprint density at radius 3 is 1.44 bits per heavy atom. The standard InChI is InChI=1S/C12H22S4/c1-5-9-11(7-3)13-15-16-14-12(8-4)10-6-2/h7-8H,5-6,9-10H2,1-4H3/b11-7+,12-8?. The largest absolute Gasteiger partial charge is 0.0772 e. The highest BCUT2D eigenvalue weighted by Crippen LogP contribution is 2.50. The molecule has 0 bridgehead atoms. The molecule has 16 heavy (non-hydrogen) atoms. The molecule has 0 spiro atoms. The van der Waals surface area contributed by atoms with E-state index in [9.17, 15) is 0 Å². The summed E-state index contributed by atoms with van der Waals surface area (Å²) in [6.07, 6.45) is 9.36. The molecule has 0 nitrogen and oxygen atoms in total. The average molecular weight is 295 g/mol. The summed E-state index contributed by atoms with van der Waals surface area (Å²) in [6, 6.07) is 0. The lowest BCUT2D eigenvalue weighted by Crippen LogP contribution is -1.72. The van der Waals surface area contributed by atoms with Crippen molar-refractivity contribution in [1.29, 1.82) is 0 Å². The molecule has 0 amide bonds. The van der Waals surface area contributed by atoms with E-state index in [1.807, 2.05) is 41.2 Å². The van der Waals surface area contributed by atoms with Crippen LogP contribution in [-0.2, 0) is 0 Å². The first-order valence-electron chi connectivity index (χ1n) is 5.76. The molecule has 94 valence electrons. The minimum atomic E-state index is 1.21. The number of hydrogen-bond donors (Lipinski definition) is 0. The van der Waals surface area contributed by atoms with Crippen LogP contribution < -0.4 is 0 Å². The maximum absolute atomic E-state index is 2.23. The first-order valence-corrected chi connectivity index (χ1v) is 10.6. The van der Waals surface area contributed by atoms with Crippen molar-refractivity contribution >= 4 is 41.2 Å². The fourth-order valence-corrected chi connectivity index (χ4v) is 7.42. The number of hydrogen-bond acceptors (Lipinski definition) is 4. The molecule has 0 aromatic rings. The first-order chi connectivity index (χ1) is 7.78. The molecule has 0 saturated carbocycles. The van der Waals surface area contributed by atoms with Crippen LogP contribution in [0, 0.1) is 0 Å². The Labute approximate surface area is 116 Å². The SMILES string of the molecule is CC=C(CCC)SSSS/C(=C/C)CCC. The second-order valence-corrected chi connectivity index (χ2v) is 9.23. The van der Waals surface area contributed by atoms with Gasteiger partial charge in [0.1, 0.15) is 0 Å². The molecule has 0 aromatic carbocycles. The van der Waals surface area contributed by atoms with Gasteiger partial charge < -0.3 is 0 Å². The number of allylic oxidation sites excluding steroid dienone is 4. The smallest absolute Gasteiger partial charge is 0.00761 e. The van der Waals surface area contributed by atoms with Gasteiger partial charge in [-0.25, -0.2) is 0 Å². The first kappa shape index (κ1) is 16.9. The molecule has 0 aliphatic rings. The lowest BCUT2D eigenvalue weighted by molar-refractivity contribution is 0.946. The molecule has 0 N–H and O–H groups in total. The Hall–Kier alpha value is 0.880. The van der Waals surface area contributed by atoms with Crippen molar-refractivity contribution in [2.75, 3.05) is 0 Å². The molecule has 0 unspecified atom stereocenters. The van der Waals surface area contributed by atoms with E-state index in [0.717, 1.165) is 0 Å². The van der Waals surface area contributed by atoms with Gasteiger partial charge in [0.05, 0.1) is 0 Å². The highest BCUT2D eigenvalue weighted by atomic mass is 33.7. The van der Waals surface area contributed by atoms with Crippen molar-refractivity contribution in [1.82, 2.24) is 0 Å². The van der Waals surface area contributed by atoms with Gasteiger partial charge in [0.15, 0.2) is 0 Å². The molecule has 0 saturated heterocycles. The fraction of sp³-hybridized carbons (Fsp3) is 0.667.